The van der Waals surface area contributed by atoms with Gasteiger partial charge in [-0.3, -0.25) is 0 Å². The molecule has 46 valence electrons. The Morgan fingerprint density at radius 3 is 2.62 bits per heavy atom. The van der Waals surface area contributed by atoms with Gasteiger partial charge in [-0.05, 0) is 43.6 Å². The molecule has 0 aromatic heterocycles. The number of nitrogens with two attached hydrogens (primary N) is 1. The Balaban J connectivity index is 1.80. The van der Waals surface area contributed by atoms with E-state index < -0.39 is 0 Å². The molecule has 0 amide bonds. The van der Waals surface area contributed by atoms with Crippen molar-refractivity contribution in [1.29, 1.82) is 0 Å². The second-order valence-corrected chi connectivity index (χ2v) is 3.34. The molecular formula is C7H13N. The second-order valence-electron chi connectivity index (χ2n) is 3.34. The first-order valence-corrected chi connectivity index (χ1v) is 3.57. The van der Waals surface area contributed by atoms with Gasteiger partial charge in [0.25, 0.3) is 0 Å². The van der Waals surface area contributed by atoms with Crippen molar-refractivity contribution in [2.75, 3.05) is 6.54 Å². The first-order valence-electron chi connectivity index (χ1n) is 3.57. The van der Waals surface area contributed by atoms with Crippen LogP contribution in [0.2, 0.25) is 0 Å². The standard InChI is InChI=1S/C7H13N/c8-4-1-6-5-7(6)2-3-7/h6H,1-5,8H2. The molecule has 0 saturated heterocycles. The average molecular weight is 111 g/mol. The minimum Gasteiger partial charge on any atom is -0.330 e. The van der Waals surface area contributed by atoms with Crippen LogP contribution in [-0.4, -0.2) is 6.54 Å². The summed E-state index contributed by atoms with van der Waals surface area (Å²) >= 11 is 0. The Labute approximate surface area is 50.3 Å². The van der Waals surface area contributed by atoms with Crippen LogP contribution in [0.1, 0.15) is 25.7 Å². The van der Waals surface area contributed by atoms with Crippen molar-refractivity contribution in [3.8, 4) is 0 Å². The van der Waals surface area contributed by atoms with Gasteiger partial charge in [0, 0.05) is 0 Å². The predicted molar refractivity (Wildman–Crippen MR) is 33.4 cm³/mol. The van der Waals surface area contributed by atoms with Crippen molar-refractivity contribution in [2.24, 2.45) is 17.1 Å². The fourth-order valence-corrected chi connectivity index (χ4v) is 1.81. The van der Waals surface area contributed by atoms with Gasteiger partial charge in [-0.25, -0.2) is 0 Å². The van der Waals surface area contributed by atoms with Crippen molar-refractivity contribution >= 4 is 0 Å². The van der Waals surface area contributed by atoms with Crippen molar-refractivity contribution in [1.82, 2.24) is 0 Å². The lowest BCUT2D eigenvalue weighted by atomic mass is 10.2. The fourth-order valence-electron chi connectivity index (χ4n) is 1.81. The molecule has 1 spiro atoms. The van der Waals surface area contributed by atoms with Crippen molar-refractivity contribution in [2.45, 2.75) is 25.7 Å². The molecule has 2 aliphatic carbocycles. The van der Waals surface area contributed by atoms with E-state index >= 15 is 0 Å². The summed E-state index contributed by atoms with van der Waals surface area (Å²) in [6.45, 7) is 0.909. The largest absolute Gasteiger partial charge is 0.330 e. The van der Waals surface area contributed by atoms with E-state index in [-0.39, 0.29) is 0 Å². The molecule has 0 aromatic carbocycles. The zero-order valence-electron chi connectivity index (χ0n) is 5.19. The quantitative estimate of drug-likeness (QED) is 0.568. The van der Waals surface area contributed by atoms with Gasteiger partial charge in [-0.2, -0.15) is 0 Å². The van der Waals surface area contributed by atoms with E-state index in [0.717, 1.165) is 17.9 Å². The zero-order valence-corrected chi connectivity index (χ0v) is 5.19. The highest BCUT2D eigenvalue weighted by atomic mass is 14.7. The maximum absolute atomic E-state index is 5.42. The van der Waals surface area contributed by atoms with Gasteiger partial charge in [-0.15, -0.1) is 0 Å². The normalized spacial score (nSPS) is 37.9. The van der Waals surface area contributed by atoms with Crippen molar-refractivity contribution < 1.29 is 0 Å². The van der Waals surface area contributed by atoms with Crippen LogP contribution in [0.3, 0.4) is 0 Å². The third kappa shape index (κ3) is 0.510. The summed E-state index contributed by atoms with van der Waals surface area (Å²) in [5.41, 5.74) is 6.31. The van der Waals surface area contributed by atoms with Gasteiger partial charge < -0.3 is 5.73 Å². The summed E-state index contributed by atoms with van der Waals surface area (Å²) in [6, 6.07) is 0. The maximum Gasteiger partial charge on any atom is -0.00744 e. The second kappa shape index (κ2) is 1.27. The Kier molecular flexibility index (Phi) is 0.762. The molecule has 8 heavy (non-hydrogen) atoms. The molecule has 0 aromatic rings. The van der Waals surface area contributed by atoms with Crippen LogP contribution < -0.4 is 5.73 Å². The summed E-state index contributed by atoms with van der Waals surface area (Å²) in [5, 5.41) is 0. The predicted octanol–water partition coefficient (Wildman–Crippen LogP) is 1.14. The van der Waals surface area contributed by atoms with Gasteiger partial charge in [0.15, 0.2) is 0 Å². The van der Waals surface area contributed by atoms with Crippen LogP contribution in [0.4, 0.5) is 0 Å². The van der Waals surface area contributed by atoms with Crippen LogP contribution in [0.25, 0.3) is 0 Å². The van der Waals surface area contributed by atoms with E-state index in [1.807, 2.05) is 0 Å². The van der Waals surface area contributed by atoms with E-state index in [9.17, 15) is 0 Å². The van der Waals surface area contributed by atoms with Crippen molar-refractivity contribution in [3.63, 3.8) is 0 Å². The Morgan fingerprint density at radius 2 is 2.25 bits per heavy atom. The van der Waals surface area contributed by atoms with Gasteiger partial charge in [0.1, 0.15) is 0 Å². The van der Waals surface area contributed by atoms with Crippen LogP contribution >= 0.6 is 0 Å². The maximum atomic E-state index is 5.42. The Bertz CT molecular complexity index is 105. The number of hydrogen-bond acceptors (Lipinski definition) is 1. The smallest absolute Gasteiger partial charge is 0.00744 e. The van der Waals surface area contributed by atoms with E-state index in [2.05, 4.69) is 0 Å². The molecular weight excluding hydrogens is 98.1 g/mol. The Hall–Kier alpha value is -0.0400. The lowest BCUT2D eigenvalue weighted by Crippen LogP contribution is -1.99. The van der Waals surface area contributed by atoms with Crippen LogP contribution in [0.5, 0.6) is 0 Å². The first-order chi connectivity index (χ1) is 3.87. The van der Waals surface area contributed by atoms with Crippen LogP contribution in [-0.2, 0) is 0 Å². The summed E-state index contributed by atoms with van der Waals surface area (Å²) < 4.78 is 0. The fraction of sp³-hybridized carbons (Fsp3) is 1.00. The minimum atomic E-state index is 0.888. The average Bonchev–Trinajstić information content (AvgIpc) is 2.57. The molecule has 0 aliphatic heterocycles. The molecule has 2 rings (SSSR count). The van der Waals surface area contributed by atoms with E-state index in [0.29, 0.717) is 0 Å². The van der Waals surface area contributed by atoms with E-state index in [1.165, 1.54) is 25.7 Å². The number of hydrogen-bond donors (Lipinski definition) is 1. The highest BCUT2D eigenvalue weighted by molar-refractivity contribution is 5.11. The molecule has 0 radical (unpaired) electrons. The summed E-state index contributed by atoms with van der Waals surface area (Å²) in [5.74, 6) is 1.05. The molecule has 1 atom stereocenters. The lowest BCUT2D eigenvalue weighted by molar-refractivity contribution is 0.652. The SMILES string of the molecule is NCCC1CC12CC2. The third-order valence-corrected chi connectivity index (χ3v) is 2.77. The van der Waals surface area contributed by atoms with Gasteiger partial charge in [0.2, 0.25) is 0 Å². The highest BCUT2D eigenvalue weighted by Gasteiger charge is 2.61. The molecule has 0 bridgehead atoms. The molecule has 1 unspecified atom stereocenters. The molecule has 2 fully saturated rings. The van der Waals surface area contributed by atoms with Crippen LogP contribution in [0.15, 0.2) is 0 Å². The van der Waals surface area contributed by atoms with Gasteiger partial charge in [-0.1, -0.05) is 0 Å². The first kappa shape index (κ1) is 4.80. The zero-order chi connectivity index (χ0) is 5.61. The molecule has 2 aliphatic rings. The van der Waals surface area contributed by atoms with Crippen molar-refractivity contribution in [3.05, 3.63) is 0 Å². The Morgan fingerprint density at radius 1 is 1.50 bits per heavy atom. The topological polar surface area (TPSA) is 26.0 Å². The summed E-state index contributed by atoms with van der Waals surface area (Å²) in [7, 11) is 0. The highest BCUT2D eigenvalue weighted by Crippen LogP contribution is 2.71. The summed E-state index contributed by atoms with van der Waals surface area (Å²) in [6.07, 6.45) is 5.82. The van der Waals surface area contributed by atoms with Gasteiger partial charge >= 0.3 is 0 Å². The third-order valence-electron chi connectivity index (χ3n) is 2.77. The van der Waals surface area contributed by atoms with E-state index in [4.69, 9.17) is 5.73 Å². The lowest BCUT2D eigenvalue weighted by Gasteiger charge is -1.88. The molecule has 1 heteroatoms. The monoisotopic (exact) mass is 111 g/mol. The molecule has 2 saturated carbocycles. The molecule has 0 heterocycles. The van der Waals surface area contributed by atoms with E-state index in [1.54, 1.807) is 0 Å². The minimum absolute atomic E-state index is 0.888. The van der Waals surface area contributed by atoms with Crippen LogP contribution in [0, 0.1) is 11.3 Å². The molecule has 2 N–H and O–H groups in total. The number of rotatable bonds is 2. The summed E-state index contributed by atoms with van der Waals surface area (Å²) in [4.78, 5) is 0. The molecule has 1 nitrogen and oxygen atoms in total. The van der Waals surface area contributed by atoms with Gasteiger partial charge in [0.05, 0.1) is 0 Å².